The Morgan fingerprint density at radius 2 is 1.96 bits per heavy atom. The number of amides is 1. The van der Waals surface area contributed by atoms with Crippen LogP contribution in [0.2, 0.25) is 5.02 Å². The van der Waals surface area contributed by atoms with Gasteiger partial charge in [0.2, 0.25) is 10.9 Å². The molecule has 0 bridgehead atoms. The summed E-state index contributed by atoms with van der Waals surface area (Å²) < 4.78 is 31.1. The normalized spacial score (nSPS) is 17.4. The molecule has 1 atom stereocenters. The van der Waals surface area contributed by atoms with Gasteiger partial charge in [-0.05, 0) is 57.7 Å². The SMILES string of the molecule is CCC(c1cccc(Cl)c1)N(C1CCN(C(=O)OC(C)(C)C)CC1)[SH](=O)=O. The first kappa shape index (κ1) is 22.0. The van der Waals surface area contributed by atoms with Crippen LogP contribution in [0, 0.1) is 0 Å². The largest absolute Gasteiger partial charge is 0.444 e. The van der Waals surface area contributed by atoms with Crippen LogP contribution in [0.15, 0.2) is 24.3 Å². The molecule has 0 spiro atoms. The van der Waals surface area contributed by atoms with Crippen LogP contribution in [0.1, 0.15) is 58.6 Å². The molecule has 1 saturated heterocycles. The van der Waals surface area contributed by atoms with Crippen molar-refractivity contribution in [3.8, 4) is 0 Å². The lowest BCUT2D eigenvalue weighted by Crippen LogP contribution is -2.48. The van der Waals surface area contributed by atoms with E-state index in [1.807, 2.05) is 45.9 Å². The van der Waals surface area contributed by atoms with E-state index in [-0.39, 0.29) is 18.2 Å². The summed E-state index contributed by atoms with van der Waals surface area (Å²) in [5.74, 6) is 0. The van der Waals surface area contributed by atoms with Gasteiger partial charge in [0.15, 0.2) is 0 Å². The number of halogens is 1. The highest BCUT2D eigenvalue weighted by Crippen LogP contribution is 2.31. The maximum absolute atomic E-state index is 12.2. The fourth-order valence-corrected chi connectivity index (χ4v) is 4.65. The average molecular weight is 417 g/mol. The van der Waals surface area contributed by atoms with Gasteiger partial charge in [-0.15, -0.1) is 0 Å². The molecule has 152 valence electrons. The molecule has 1 fully saturated rings. The van der Waals surface area contributed by atoms with Crippen molar-refractivity contribution in [2.45, 2.75) is 64.6 Å². The smallest absolute Gasteiger partial charge is 0.410 e. The molecule has 6 nitrogen and oxygen atoms in total. The summed E-state index contributed by atoms with van der Waals surface area (Å²) in [6.07, 6.45) is 1.47. The van der Waals surface area contributed by atoms with Crippen molar-refractivity contribution < 1.29 is 17.9 Å². The number of carbonyl (C=O) groups is 1. The Morgan fingerprint density at radius 3 is 2.44 bits per heavy atom. The summed E-state index contributed by atoms with van der Waals surface area (Å²) in [6.45, 7) is 8.42. The Labute approximate surface area is 168 Å². The predicted molar refractivity (Wildman–Crippen MR) is 107 cm³/mol. The number of thiol groups is 1. The lowest BCUT2D eigenvalue weighted by atomic mass is 9.99. The highest BCUT2D eigenvalue weighted by atomic mass is 35.5. The third-order valence-electron chi connectivity index (χ3n) is 4.62. The molecule has 1 aliphatic rings. The van der Waals surface area contributed by atoms with Gasteiger partial charge in [-0.1, -0.05) is 30.7 Å². The standard InChI is InChI=1S/C19H29ClN2O4S/c1-5-17(14-7-6-8-15(20)13-14)22(27(24)25)16-9-11-21(12-10-16)18(23)26-19(2,3)4/h6-8,13,16-17,27H,5,9-12H2,1-4H3. The molecular formula is C19H29ClN2O4S. The minimum Gasteiger partial charge on any atom is -0.444 e. The monoisotopic (exact) mass is 416 g/mol. The Bertz CT molecular complexity index is 717. The third kappa shape index (κ3) is 6.09. The van der Waals surface area contributed by atoms with Crippen molar-refractivity contribution in [2.24, 2.45) is 0 Å². The first-order valence-electron chi connectivity index (χ1n) is 9.28. The summed E-state index contributed by atoms with van der Waals surface area (Å²) in [5.41, 5.74) is 0.344. The second kappa shape index (κ2) is 9.26. The molecule has 27 heavy (non-hydrogen) atoms. The molecule has 1 unspecified atom stereocenters. The maximum Gasteiger partial charge on any atom is 0.410 e. The van der Waals surface area contributed by atoms with Crippen LogP contribution in [0.3, 0.4) is 0 Å². The van der Waals surface area contributed by atoms with Crippen molar-refractivity contribution in [1.29, 1.82) is 0 Å². The van der Waals surface area contributed by atoms with Gasteiger partial charge in [0.05, 0.1) is 0 Å². The first-order chi connectivity index (χ1) is 12.6. The molecule has 0 saturated carbocycles. The van der Waals surface area contributed by atoms with Crippen LogP contribution >= 0.6 is 11.6 Å². The summed E-state index contributed by atoms with van der Waals surface area (Å²) in [4.78, 5) is 13.9. The maximum atomic E-state index is 12.2. The van der Waals surface area contributed by atoms with E-state index in [0.29, 0.717) is 37.4 Å². The number of likely N-dealkylation sites (tertiary alicyclic amines) is 1. The number of hydrogen-bond donors (Lipinski definition) is 1. The lowest BCUT2D eigenvalue weighted by molar-refractivity contribution is 0.0168. The topological polar surface area (TPSA) is 66.9 Å². The van der Waals surface area contributed by atoms with Gasteiger partial charge in [-0.2, -0.15) is 4.31 Å². The molecule has 1 heterocycles. The van der Waals surface area contributed by atoms with E-state index in [2.05, 4.69) is 0 Å². The highest BCUT2D eigenvalue weighted by Gasteiger charge is 2.34. The zero-order chi connectivity index (χ0) is 20.2. The van der Waals surface area contributed by atoms with Crippen LogP contribution in [0.5, 0.6) is 0 Å². The Balaban J connectivity index is 2.11. The Kier molecular flexibility index (Phi) is 7.54. The number of carbonyl (C=O) groups excluding carboxylic acids is 1. The Morgan fingerprint density at radius 1 is 1.33 bits per heavy atom. The fourth-order valence-electron chi connectivity index (χ4n) is 3.43. The van der Waals surface area contributed by atoms with Gasteiger partial charge in [0, 0.05) is 30.2 Å². The molecule has 0 aliphatic carbocycles. The van der Waals surface area contributed by atoms with Crippen molar-refractivity contribution in [3.05, 3.63) is 34.9 Å². The van der Waals surface area contributed by atoms with Crippen molar-refractivity contribution >= 4 is 28.6 Å². The minimum atomic E-state index is -2.76. The summed E-state index contributed by atoms with van der Waals surface area (Å²) in [5, 5.41) is 0.590. The molecular weight excluding hydrogens is 388 g/mol. The van der Waals surface area contributed by atoms with E-state index >= 15 is 0 Å². The zero-order valence-electron chi connectivity index (χ0n) is 16.4. The number of rotatable bonds is 5. The zero-order valence-corrected chi connectivity index (χ0v) is 18.0. The van der Waals surface area contributed by atoms with Gasteiger partial charge < -0.3 is 9.64 Å². The van der Waals surface area contributed by atoms with E-state index in [4.69, 9.17) is 16.3 Å². The first-order valence-corrected chi connectivity index (χ1v) is 10.8. The van der Waals surface area contributed by atoms with E-state index in [9.17, 15) is 13.2 Å². The Hall–Kier alpha value is -1.31. The minimum absolute atomic E-state index is 0.145. The number of hydrogen-bond acceptors (Lipinski definition) is 4. The van der Waals surface area contributed by atoms with Gasteiger partial charge in [-0.25, -0.2) is 13.2 Å². The molecule has 0 radical (unpaired) electrons. The molecule has 1 amide bonds. The van der Waals surface area contributed by atoms with E-state index in [1.165, 1.54) is 0 Å². The molecule has 0 N–H and O–H groups in total. The number of nitrogens with zero attached hydrogens (tertiary/aromatic N) is 2. The predicted octanol–water partition coefficient (Wildman–Crippen LogP) is 4.02. The van der Waals surface area contributed by atoms with Crippen molar-refractivity contribution in [2.75, 3.05) is 13.1 Å². The van der Waals surface area contributed by atoms with Gasteiger partial charge in [0.25, 0.3) is 0 Å². The van der Waals surface area contributed by atoms with Crippen LogP contribution < -0.4 is 0 Å². The molecule has 1 aliphatic heterocycles. The number of ether oxygens (including phenoxy) is 1. The van der Waals surface area contributed by atoms with Crippen molar-refractivity contribution in [3.63, 3.8) is 0 Å². The third-order valence-corrected chi connectivity index (χ3v) is 5.84. The van der Waals surface area contributed by atoms with Crippen LogP contribution in [0.25, 0.3) is 0 Å². The van der Waals surface area contributed by atoms with E-state index < -0.39 is 16.5 Å². The molecule has 2 rings (SSSR count). The van der Waals surface area contributed by atoms with Crippen molar-refractivity contribution in [1.82, 2.24) is 9.21 Å². The van der Waals surface area contributed by atoms with Crippen LogP contribution in [-0.2, 0) is 15.6 Å². The molecule has 1 aromatic carbocycles. The average Bonchev–Trinajstić information content (AvgIpc) is 2.58. The second-order valence-electron chi connectivity index (χ2n) is 7.80. The van der Waals surface area contributed by atoms with Gasteiger partial charge in [-0.3, -0.25) is 0 Å². The van der Waals surface area contributed by atoms with Gasteiger partial charge >= 0.3 is 6.09 Å². The highest BCUT2D eigenvalue weighted by molar-refractivity contribution is 7.69. The quantitative estimate of drug-likeness (QED) is 0.736. The molecule has 8 heteroatoms. The number of benzene rings is 1. The molecule has 0 aromatic heterocycles. The fraction of sp³-hybridized carbons (Fsp3) is 0.632. The summed E-state index contributed by atoms with van der Waals surface area (Å²) >= 11 is 6.10. The van der Waals surface area contributed by atoms with Crippen LogP contribution in [0.4, 0.5) is 4.79 Å². The summed E-state index contributed by atoms with van der Waals surface area (Å²) in [7, 11) is -2.76. The second-order valence-corrected chi connectivity index (χ2v) is 9.17. The number of piperidine rings is 1. The van der Waals surface area contributed by atoms with E-state index in [1.54, 1.807) is 15.3 Å². The van der Waals surface area contributed by atoms with Crippen LogP contribution in [-0.4, -0.2) is 48.4 Å². The lowest BCUT2D eigenvalue weighted by Gasteiger charge is -2.39. The van der Waals surface area contributed by atoms with E-state index in [0.717, 1.165) is 5.56 Å². The molecule has 1 aromatic rings. The summed E-state index contributed by atoms with van der Waals surface area (Å²) in [6, 6.07) is 6.93. The van der Waals surface area contributed by atoms with Gasteiger partial charge in [0.1, 0.15) is 5.60 Å².